The summed E-state index contributed by atoms with van der Waals surface area (Å²) in [5, 5.41) is 2.42. The Morgan fingerprint density at radius 3 is 3.08 bits per heavy atom. The van der Waals surface area contributed by atoms with Crippen LogP contribution in [0, 0.1) is 6.92 Å². The van der Waals surface area contributed by atoms with Crippen LogP contribution in [0.5, 0.6) is 0 Å². The average molecular weight is 170 g/mol. The van der Waals surface area contributed by atoms with E-state index in [-0.39, 0.29) is 18.5 Å². The molecule has 1 N–H and O–H groups in total. The van der Waals surface area contributed by atoms with E-state index in [1.807, 2.05) is 0 Å². The van der Waals surface area contributed by atoms with E-state index >= 15 is 0 Å². The van der Waals surface area contributed by atoms with Gasteiger partial charge in [0.2, 0.25) is 0 Å². The van der Waals surface area contributed by atoms with Gasteiger partial charge in [0.25, 0.3) is 5.91 Å². The molecule has 0 saturated heterocycles. The predicted octanol–water partition coefficient (Wildman–Crippen LogP) is 0.568. The van der Waals surface area contributed by atoms with Crippen LogP contribution >= 0.6 is 0 Å². The van der Waals surface area contributed by atoms with Gasteiger partial charge in [-0.15, -0.1) is 0 Å². The summed E-state index contributed by atoms with van der Waals surface area (Å²) >= 11 is 0. The van der Waals surface area contributed by atoms with Crippen molar-refractivity contribution >= 4 is 11.9 Å². The molecule has 0 aliphatic carbocycles. The van der Waals surface area contributed by atoms with Crippen LogP contribution in [0.25, 0.3) is 0 Å². The van der Waals surface area contributed by atoms with Crippen molar-refractivity contribution in [1.29, 1.82) is 0 Å². The molecule has 0 unspecified atom stereocenters. The molecule has 0 fully saturated rings. The number of carbonyl (C=O) groups excluding carboxylic acids is 1. The summed E-state index contributed by atoms with van der Waals surface area (Å²) in [6.07, 6.45) is 1.46. The molecule has 0 aliphatic heterocycles. The standard InChI is InChI=1S/C7H10N2O3/c1-5-3-12-7(8-5)9-6(10)4-11-2/h3H,4H2,1-2H3,(H,8,9,10). The second kappa shape index (κ2) is 3.87. The third kappa shape index (κ3) is 2.35. The summed E-state index contributed by atoms with van der Waals surface area (Å²) in [6, 6.07) is 0.203. The van der Waals surface area contributed by atoms with Gasteiger partial charge in [-0.2, -0.15) is 4.98 Å². The first kappa shape index (κ1) is 8.73. The maximum absolute atomic E-state index is 10.9. The molecule has 1 aromatic heterocycles. The van der Waals surface area contributed by atoms with Crippen molar-refractivity contribution in [2.75, 3.05) is 19.0 Å². The molecular formula is C7H10N2O3. The lowest BCUT2D eigenvalue weighted by Gasteiger charge is -1.97. The Kier molecular flexibility index (Phi) is 2.82. The number of aryl methyl sites for hydroxylation is 1. The molecule has 5 nitrogen and oxygen atoms in total. The highest BCUT2D eigenvalue weighted by atomic mass is 16.5. The normalized spacial score (nSPS) is 9.83. The molecule has 1 heterocycles. The minimum Gasteiger partial charge on any atom is -0.432 e. The van der Waals surface area contributed by atoms with Crippen molar-refractivity contribution in [3.8, 4) is 0 Å². The molecule has 0 spiro atoms. The Bertz CT molecular complexity index is 269. The third-order valence-corrected chi connectivity index (χ3v) is 1.14. The van der Waals surface area contributed by atoms with Gasteiger partial charge in [0.05, 0.1) is 5.69 Å². The maximum Gasteiger partial charge on any atom is 0.301 e. The van der Waals surface area contributed by atoms with Gasteiger partial charge in [-0.1, -0.05) is 0 Å². The summed E-state index contributed by atoms with van der Waals surface area (Å²) < 4.78 is 9.48. The summed E-state index contributed by atoms with van der Waals surface area (Å²) in [6.45, 7) is 1.77. The lowest BCUT2D eigenvalue weighted by molar-refractivity contribution is -0.119. The number of rotatable bonds is 3. The highest BCUT2D eigenvalue weighted by Gasteiger charge is 2.04. The zero-order chi connectivity index (χ0) is 8.97. The topological polar surface area (TPSA) is 64.4 Å². The van der Waals surface area contributed by atoms with E-state index < -0.39 is 0 Å². The summed E-state index contributed by atoms with van der Waals surface area (Å²) in [4.78, 5) is 14.8. The Morgan fingerprint density at radius 2 is 2.58 bits per heavy atom. The number of carbonyl (C=O) groups is 1. The van der Waals surface area contributed by atoms with Gasteiger partial charge >= 0.3 is 6.01 Å². The molecule has 66 valence electrons. The molecule has 0 aliphatic rings. The zero-order valence-corrected chi connectivity index (χ0v) is 6.96. The fraction of sp³-hybridized carbons (Fsp3) is 0.429. The minimum absolute atomic E-state index is 0.00142. The number of aromatic nitrogens is 1. The Labute approximate surface area is 69.7 Å². The molecular weight excluding hydrogens is 160 g/mol. The second-order valence-corrected chi connectivity index (χ2v) is 2.28. The fourth-order valence-electron chi connectivity index (χ4n) is 0.698. The van der Waals surface area contributed by atoms with Crippen molar-refractivity contribution < 1.29 is 13.9 Å². The Morgan fingerprint density at radius 1 is 1.83 bits per heavy atom. The first-order valence-electron chi connectivity index (χ1n) is 3.43. The van der Waals surface area contributed by atoms with Crippen LogP contribution in [0.2, 0.25) is 0 Å². The van der Waals surface area contributed by atoms with Gasteiger partial charge < -0.3 is 9.15 Å². The SMILES string of the molecule is COCC(=O)Nc1nc(C)co1. The summed E-state index contributed by atoms with van der Waals surface area (Å²) in [5.74, 6) is -0.278. The van der Waals surface area contributed by atoms with E-state index in [0.717, 1.165) is 5.69 Å². The van der Waals surface area contributed by atoms with Crippen molar-refractivity contribution in [3.63, 3.8) is 0 Å². The number of ether oxygens (including phenoxy) is 1. The van der Waals surface area contributed by atoms with Crippen LogP contribution in [-0.4, -0.2) is 24.6 Å². The lowest BCUT2D eigenvalue weighted by Crippen LogP contribution is -2.17. The van der Waals surface area contributed by atoms with E-state index in [4.69, 9.17) is 4.42 Å². The van der Waals surface area contributed by atoms with Crippen molar-refractivity contribution in [2.24, 2.45) is 0 Å². The molecule has 5 heteroatoms. The number of oxazole rings is 1. The van der Waals surface area contributed by atoms with Crippen molar-refractivity contribution in [3.05, 3.63) is 12.0 Å². The predicted molar refractivity (Wildman–Crippen MR) is 41.7 cm³/mol. The van der Waals surface area contributed by atoms with Gasteiger partial charge in [0.1, 0.15) is 12.9 Å². The quantitative estimate of drug-likeness (QED) is 0.720. The van der Waals surface area contributed by atoms with Crippen LogP contribution in [0.4, 0.5) is 6.01 Å². The van der Waals surface area contributed by atoms with E-state index in [0.29, 0.717) is 0 Å². The lowest BCUT2D eigenvalue weighted by atomic mass is 10.6. The molecule has 1 amide bonds. The maximum atomic E-state index is 10.9. The molecule has 12 heavy (non-hydrogen) atoms. The van der Waals surface area contributed by atoms with E-state index in [9.17, 15) is 4.79 Å². The molecule has 0 atom stereocenters. The number of hydrogen-bond donors (Lipinski definition) is 1. The summed E-state index contributed by atoms with van der Waals surface area (Å²) in [7, 11) is 1.44. The number of hydrogen-bond acceptors (Lipinski definition) is 4. The Balaban J connectivity index is 2.46. The first-order chi connectivity index (χ1) is 5.72. The van der Waals surface area contributed by atoms with Gasteiger partial charge in [0.15, 0.2) is 0 Å². The molecule has 0 aromatic carbocycles. The number of methoxy groups -OCH3 is 1. The van der Waals surface area contributed by atoms with Crippen LogP contribution in [0.15, 0.2) is 10.7 Å². The summed E-state index contributed by atoms with van der Waals surface area (Å²) in [5.41, 5.74) is 0.725. The first-order valence-corrected chi connectivity index (χ1v) is 3.43. The van der Waals surface area contributed by atoms with Crippen LogP contribution in [-0.2, 0) is 9.53 Å². The smallest absolute Gasteiger partial charge is 0.301 e. The molecule has 0 radical (unpaired) electrons. The van der Waals surface area contributed by atoms with Crippen LogP contribution in [0.3, 0.4) is 0 Å². The highest BCUT2D eigenvalue weighted by molar-refractivity contribution is 5.89. The van der Waals surface area contributed by atoms with E-state index in [2.05, 4.69) is 15.0 Å². The number of anilines is 1. The van der Waals surface area contributed by atoms with Crippen molar-refractivity contribution in [1.82, 2.24) is 4.98 Å². The average Bonchev–Trinajstić information content (AvgIpc) is 2.36. The van der Waals surface area contributed by atoms with Crippen molar-refractivity contribution in [2.45, 2.75) is 6.92 Å². The molecule has 0 saturated carbocycles. The van der Waals surface area contributed by atoms with Crippen LogP contribution in [0.1, 0.15) is 5.69 Å². The Hall–Kier alpha value is -1.36. The molecule has 1 aromatic rings. The number of nitrogens with zero attached hydrogens (tertiary/aromatic N) is 1. The van der Waals surface area contributed by atoms with E-state index in [1.165, 1.54) is 13.4 Å². The fourth-order valence-corrected chi connectivity index (χ4v) is 0.698. The monoisotopic (exact) mass is 170 g/mol. The largest absolute Gasteiger partial charge is 0.432 e. The van der Waals surface area contributed by atoms with Gasteiger partial charge in [0, 0.05) is 7.11 Å². The van der Waals surface area contributed by atoms with Gasteiger partial charge in [-0.3, -0.25) is 10.1 Å². The van der Waals surface area contributed by atoms with Gasteiger partial charge in [-0.25, -0.2) is 0 Å². The number of nitrogens with one attached hydrogen (secondary N) is 1. The van der Waals surface area contributed by atoms with Gasteiger partial charge in [-0.05, 0) is 6.92 Å². The molecule has 0 bridgehead atoms. The van der Waals surface area contributed by atoms with Crippen LogP contribution < -0.4 is 5.32 Å². The minimum atomic E-state index is -0.278. The highest BCUT2D eigenvalue weighted by Crippen LogP contribution is 2.05. The number of amides is 1. The second-order valence-electron chi connectivity index (χ2n) is 2.28. The third-order valence-electron chi connectivity index (χ3n) is 1.14. The van der Waals surface area contributed by atoms with E-state index in [1.54, 1.807) is 6.92 Å². The molecule has 1 rings (SSSR count). The zero-order valence-electron chi connectivity index (χ0n) is 6.96.